The number of ketones is 1. The number of aliphatic carboxylic acids is 1. The van der Waals surface area contributed by atoms with E-state index in [1.54, 1.807) is 54.8 Å². The molecule has 0 radical (unpaired) electrons. The van der Waals surface area contributed by atoms with Gasteiger partial charge in [0.15, 0.2) is 5.78 Å². The molecule has 28 nitrogen and oxygen atoms in total. The molecular weight excluding hydrogens is 1350 g/mol. The van der Waals surface area contributed by atoms with E-state index in [1.807, 2.05) is 60.7 Å². The van der Waals surface area contributed by atoms with E-state index in [4.69, 9.17) is 18.9 Å². The summed E-state index contributed by atoms with van der Waals surface area (Å²) in [6.45, 7) is 0.934. The molecule has 2 saturated heterocycles. The van der Waals surface area contributed by atoms with Gasteiger partial charge in [0.05, 0.1) is 53.8 Å². The maximum absolute atomic E-state index is 13.2. The molecule has 32 heteroatoms. The predicted octanol–water partition coefficient (Wildman–Crippen LogP) is -4.40. The zero-order valence-corrected chi connectivity index (χ0v) is 60.7. The standard InChI is InChI=1S/C67H79N6O21S2.2Na.H2O/c1-40(75)71-56-52(78)35-66(39-74,93-60(56)58(82)54(80)37-69-62(84)46-21-17-44(18-22-46)42-12-5-3-6-13-42)91-28-10-32-96-33-27-68-64(86)49-26-25-48(34-50(49)73(89)90)51(77)16-9-30-95-31-11-29-92-67(65(87)88)36-53(79)57(72-41(2)76)61(94-67)59(83)55(81)38-70-63(85)47-23-19-45(20-24-47)43-14-7-4-8-15-43;;;/h3-8,12-15,17-26,34,52-61,78-83H,9-11,16,27-33,35-38H2,1-2H3,(H,68,86)(H,69,84)(H,70,85)(H,71,75)(H,72,76)(H,87,88);;;1H2/q-1;2*+1;/p-2/t52-,53-,54+,55+,56+,57+,58+,59+,60+,61+,66+,67+;;;/m0.../s1. The van der Waals surface area contributed by atoms with Gasteiger partial charge in [-0.1, -0.05) is 91.0 Å². The van der Waals surface area contributed by atoms with Gasteiger partial charge >= 0.3 is 59.1 Å². The van der Waals surface area contributed by atoms with Crippen molar-refractivity contribution in [1.29, 1.82) is 0 Å². The Balaban J connectivity index is 0.00000694. The zero-order valence-electron chi connectivity index (χ0n) is 55.0. The van der Waals surface area contributed by atoms with Gasteiger partial charge in [0, 0.05) is 87.9 Å². The number of nitro benzene ring substituents is 1. The summed E-state index contributed by atoms with van der Waals surface area (Å²) in [6, 6.07) is 33.1. The minimum atomic E-state index is -2.64. The SMILES string of the molecule is CC(=O)N[C@H]1[C@H]([C@H](O)[C@H](O)CNC(=O)c2ccc(-c3ccccc3)cc2)O[C@]([C-]=O)(OCCCSCCNC(=O)c2ccc(C(=O)CCCSCCCO[C@]3(C(=O)[O-])C[C@H](O)[C@@H](NC(C)=O)[C@H]([C@H](O)[C@H](O)CNC(=O)c4ccc(-c5ccccc5)cc4)O3)cc2[N+](=O)[O-])C[C@@H]1O.[Na+].[Na+].[OH-]. The molecule has 12 atom stereocenters. The molecule has 0 saturated carbocycles. The number of ether oxygens (including phenoxy) is 4. The van der Waals surface area contributed by atoms with Crippen molar-refractivity contribution < 1.29 is 163 Å². The van der Waals surface area contributed by atoms with Crippen molar-refractivity contribution in [3.8, 4) is 22.3 Å². The van der Waals surface area contributed by atoms with Crippen LogP contribution in [0.2, 0.25) is 0 Å². The summed E-state index contributed by atoms with van der Waals surface area (Å²) in [4.78, 5) is 113. The summed E-state index contributed by atoms with van der Waals surface area (Å²) in [5.41, 5.74) is 3.25. The molecule has 5 aromatic carbocycles. The number of nitrogens with one attached hydrogen (secondary N) is 5. The first-order valence-electron chi connectivity index (χ1n) is 30.9. The number of hydrogen-bond donors (Lipinski definition) is 11. The van der Waals surface area contributed by atoms with Crippen molar-refractivity contribution in [1.82, 2.24) is 26.6 Å². The van der Waals surface area contributed by atoms with E-state index >= 15 is 0 Å². The van der Waals surface area contributed by atoms with Crippen LogP contribution in [0.3, 0.4) is 0 Å². The molecule has 0 spiro atoms. The number of carbonyl (C=O) groups is 7. The minimum Gasteiger partial charge on any atom is -0.870 e. The van der Waals surface area contributed by atoms with Crippen LogP contribution in [-0.2, 0) is 38.1 Å². The van der Waals surface area contributed by atoms with Gasteiger partial charge in [-0.25, -0.2) is 6.29 Å². The fourth-order valence-electron chi connectivity index (χ4n) is 10.8. The molecule has 0 aliphatic carbocycles. The molecule has 0 aromatic heterocycles. The second kappa shape index (κ2) is 41.7. The van der Waals surface area contributed by atoms with Crippen molar-refractivity contribution in [2.75, 3.05) is 55.9 Å². The van der Waals surface area contributed by atoms with Crippen molar-refractivity contribution in [3.63, 3.8) is 0 Å². The van der Waals surface area contributed by atoms with Crippen LogP contribution in [0.15, 0.2) is 127 Å². The number of carboxylic acid groups (broad SMARTS) is 1. The third kappa shape index (κ3) is 24.6. The first kappa shape index (κ1) is 85.3. The van der Waals surface area contributed by atoms with Gasteiger partial charge in [-0.2, -0.15) is 23.5 Å². The number of rotatable bonds is 36. The predicted molar refractivity (Wildman–Crippen MR) is 352 cm³/mol. The molecule has 2 aliphatic heterocycles. The van der Waals surface area contributed by atoms with E-state index in [0.717, 1.165) is 42.2 Å². The van der Waals surface area contributed by atoms with Crippen LogP contribution in [0.5, 0.6) is 0 Å². The van der Waals surface area contributed by atoms with Gasteiger partial charge in [0.25, 0.3) is 23.4 Å². The Bertz CT molecular complexity index is 3470. The van der Waals surface area contributed by atoms with Crippen molar-refractivity contribution in [2.24, 2.45) is 0 Å². The third-order valence-electron chi connectivity index (χ3n) is 15.8. The first-order valence-corrected chi connectivity index (χ1v) is 33.3. The smallest absolute Gasteiger partial charge is 0.870 e. The summed E-state index contributed by atoms with van der Waals surface area (Å²) >= 11 is 2.73. The van der Waals surface area contributed by atoms with Crippen LogP contribution in [0.25, 0.3) is 22.3 Å². The number of Topliss-reactive ketones (excluding diaryl/α,β-unsaturated/α-hetero) is 1. The Kier molecular flexibility index (Phi) is 36.0. The summed E-state index contributed by atoms with van der Waals surface area (Å²) in [7, 11) is 0. The summed E-state index contributed by atoms with van der Waals surface area (Å²) in [5.74, 6) is -8.86. The van der Waals surface area contributed by atoms with E-state index in [-0.39, 0.29) is 119 Å². The number of benzene rings is 5. The normalized spacial score (nSPS) is 21.4. The molecule has 0 unspecified atom stereocenters. The van der Waals surface area contributed by atoms with Crippen molar-refractivity contribution in [3.05, 3.63) is 160 Å². The molecule has 7 rings (SSSR count). The number of aliphatic hydroxyl groups excluding tert-OH is 6. The fraction of sp³-hybridized carbons (Fsp3) is 0.433. The number of nitrogens with zero attached hydrogens (tertiary/aromatic N) is 1. The van der Waals surface area contributed by atoms with Crippen molar-refractivity contribution in [2.45, 2.75) is 125 Å². The largest absolute Gasteiger partial charge is 1.00 e. The Morgan fingerprint density at radius 3 is 1.53 bits per heavy atom. The van der Waals surface area contributed by atoms with Crippen LogP contribution in [-0.4, -0.2) is 217 Å². The number of hydrogen-bond acceptors (Lipinski definition) is 24. The topological polar surface area (TPSA) is 451 Å². The second-order valence-corrected chi connectivity index (χ2v) is 25.3. The Morgan fingerprint density at radius 2 is 1.05 bits per heavy atom. The Morgan fingerprint density at radius 1 is 0.606 bits per heavy atom. The van der Waals surface area contributed by atoms with E-state index < -0.39 is 150 Å². The van der Waals surface area contributed by atoms with Crippen LogP contribution >= 0.6 is 23.5 Å². The summed E-state index contributed by atoms with van der Waals surface area (Å²) in [5, 5.41) is 104. The van der Waals surface area contributed by atoms with Gasteiger partial charge < -0.3 is 96.3 Å². The van der Waals surface area contributed by atoms with Crippen molar-refractivity contribution >= 4 is 76.8 Å². The zero-order chi connectivity index (χ0) is 69.5. The number of amides is 5. The van der Waals surface area contributed by atoms with Gasteiger partial charge in [-0.05, 0) is 89.1 Å². The average molecular weight is 1430 g/mol. The average Bonchev–Trinajstić information content (AvgIpc) is 0.778. The summed E-state index contributed by atoms with van der Waals surface area (Å²) in [6.07, 6.45) is -12.7. The van der Waals surface area contributed by atoms with E-state index in [2.05, 4.69) is 26.6 Å². The van der Waals surface area contributed by atoms with Gasteiger partial charge in [-0.15, -0.1) is 0 Å². The monoisotopic (exact) mass is 1430 g/mol. The fourth-order valence-corrected chi connectivity index (χ4v) is 12.5. The molecule has 524 valence electrons. The number of carbonyl (C=O) groups excluding carboxylic acids is 8. The second-order valence-electron chi connectivity index (χ2n) is 22.9. The number of thioether (sulfide) groups is 2. The molecule has 12 N–H and O–H groups in total. The van der Waals surface area contributed by atoms with Gasteiger partial charge in [0.2, 0.25) is 17.6 Å². The van der Waals surface area contributed by atoms with Crippen LogP contribution in [0, 0.1) is 10.1 Å². The molecule has 2 heterocycles. The third-order valence-corrected chi connectivity index (χ3v) is 18.0. The molecular formula is C67H79N6Na2O22S2-. The van der Waals surface area contributed by atoms with E-state index in [0.29, 0.717) is 35.9 Å². The maximum Gasteiger partial charge on any atom is 1.00 e. The Hall–Kier alpha value is -6.08. The number of carboxylic acids is 1. The van der Waals surface area contributed by atoms with E-state index in [9.17, 15) is 84.2 Å². The molecule has 99 heavy (non-hydrogen) atoms. The minimum absolute atomic E-state index is 0. The maximum atomic E-state index is 13.2. The molecule has 5 amide bonds. The molecule has 2 fully saturated rings. The molecule has 2 aliphatic rings. The quantitative estimate of drug-likeness (QED) is 0.00450. The number of aliphatic hydroxyl groups is 6. The molecule has 0 bridgehead atoms. The van der Waals surface area contributed by atoms with Crippen LogP contribution < -0.4 is 90.8 Å². The summed E-state index contributed by atoms with van der Waals surface area (Å²) < 4.78 is 23.1. The Labute approximate surface area is 623 Å². The number of nitro groups is 1. The van der Waals surface area contributed by atoms with Crippen LogP contribution in [0.4, 0.5) is 5.69 Å². The van der Waals surface area contributed by atoms with Gasteiger partial charge in [0.1, 0.15) is 35.9 Å². The van der Waals surface area contributed by atoms with Crippen LogP contribution in [0.1, 0.15) is 93.8 Å². The van der Waals surface area contributed by atoms with Gasteiger partial charge in [-0.3, -0.25) is 38.9 Å². The van der Waals surface area contributed by atoms with E-state index in [1.165, 1.54) is 35.7 Å². The molecule has 5 aromatic rings. The first-order chi connectivity index (χ1) is 45.9.